The molecule has 0 atom stereocenters. The molecule has 1 saturated carbocycles. The Bertz CT molecular complexity index is 587. The van der Waals surface area contributed by atoms with Crippen molar-refractivity contribution in [3.05, 3.63) is 33.7 Å². The Balaban J connectivity index is 2.28. The molecule has 0 spiro atoms. The second kappa shape index (κ2) is 4.87. The number of carboxylic acids is 1. The molecule has 102 valence electrons. The third-order valence-corrected chi connectivity index (χ3v) is 3.40. The molecular formula is C13H16N2O4. The Kier molecular flexibility index (Phi) is 3.42. The molecule has 6 heteroatoms. The van der Waals surface area contributed by atoms with Crippen LogP contribution in [-0.4, -0.2) is 39.5 Å². The van der Waals surface area contributed by atoms with Crippen molar-refractivity contribution in [3.63, 3.8) is 0 Å². The van der Waals surface area contributed by atoms with Crippen LogP contribution in [0.3, 0.4) is 0 Å². The minimum absolute atomic E-state index is 0.112. The van der Waals surface area contributed by atoms with Crippen molar-refractivity contribution in [2.75, 3.05) is 7.05 Å². The summed E-state index contributed by atoms with van der Waals surface area (Å²) in [6, 6.07) is 3.08. The van der Waals surface area contributed by atoms with Gasteiger partial charge in [-0.3, -0.25) is 9.59 Å². The number of amides is 1. The van der Waals surface area contributed by atoms with Gasteiger partial charge in [-0.15, -0.1) is 0 Å². The molecule has 1 aliphatic rings. The lowest BCUT2D eigenvalue weighted by atomic mass is 10.2. The molecule has 0 saturated heterocycles. The SMILES string of the molecule is Cc1ccc(C(=O)O)c(=O)n1CC(=O)N(C)C1CC1. The summed E-state index contributed by atoms with van der Waals surface area (Å²) in [5, 5.41) is 8.91. The number of nitrogens with zero attached hydrogens (tertiary/aromatic N) is 2. The Morgan fingerprint density at radius 3 is 2.58 bits per heavy atom. The van der Waals surface area contributed by atoms with Crippen molar-refractivity contribution >= 4 is 11.9 Å². The van der Waals surface area contributed by atoms with Crippen LogP contribution in [0.2, 0.25) is 0 Å². The van der Waals surface area contributed by atoms with E-state index in [1.807, 2.05) is 0 Å². The van der Waals surface area contributed by atoms with Crippen LogP contribution in [0.1, 0.15) is 28.9 Å². The summed E-state index contributed by atoms with van der Waals surface area (Å²) in [5.41, 5.74) is -0.370. The van der Waals surface area contributed by atoms with Gasteiger partial charge in [-0.05, 0) is 31.9 Å². The van der Waals surface area contributed by atoms with Gasteiger partial charge in [0, 0.05) is 18.8 Å². The number of rotatable bonds is 4. The molecule has 0 radical (unpaired) electrons. The molecule has 6 nitrogen and oxygen atoms in total. The zero-order valence-corrected chi connectivity index (χ0v) is 10.9. The zero-order valence-electron chi connectivity index (χ0n) is 10.9. The van der Waals surface area contributed by atoms with E-state index in [-0.39, 0.29) is 24.1 Å². The van der Waals surface area contributed by atoms with Crippen LogP contribution in [0.4, 0.5) is 0 Å². The summed E-state index contributed by atoms with van der Waals surface area (Å²) >= 11 is 0. The average molecular weight is 264 g/mol. The maximum atomic E-state index is 12.0. The van der Waals surface area contributed by atoms with Crippen LogP contribution in [0.25, 0.3) is 0 Å². The Hall–Kier alpha value is -2.11. The minimum Gasteiger partial charge on any atom is -0.477 e. The summed E-state index contributed by atoms with van der Waals surface area (Å²) in [7, 11) is 1.71. The predicted octanol–water partition coefficient (Wildman–Crippen LogP) is 0.476. The van der Waals surface area contributed by atoms with Gasteiger partial charge in [0.15, 0.2) is 0 Å². The largest absolute Gasteiger partial charge is 0.477 e. The molecule has 1 amide bonds. The van der Waals surface area contributed by atoms with Gasteiger partial charge in [0.05, 0.1) is 0 Å². The third-order valence-electron chi connectivity index (χ3n) is 3.40. The highest BCUT2D eigenvalue weighted by Crippen LogP contribution is 2.25. The first kappa shape index (κ1) is 13.3. The molecule has 0 unspecified atom stereocenters. The fourth-order valence-corrected chi connectivity index (χ4v) is 1.94. The van der Waals surface area contributed by atoms with Crippen LogP contribution in [0.15, 0.2) is 16.9 Å². The summed E-state index contributed by atoms with van der Waals surface area (Å²) < 4.78 is 1.21. The smallest absolute Gasteiger partial charge is 0.341 e. The van der Waals surface area contributed by atoms with E-state index in [9.17, 15) is 14.4 Å². The number of carbonyl (C=O) groups is 2. The number of hydrogen-bond acceptors (Lipinski definition) is 3. The van der Waals surface area contributed by atoms with Crippen molar-refractivity contribution in [2.24, 2.45) is 0 Å². The lowest BCUT2D eigenvalue weighted by molar-refractivity contribution is -0.131. The van der Waals surface area contributed by atoms with Crippen molar-refractivity contribution in [1.82, 2.24) is 9.47 Å². The molecule has 0 bridgehead atoms. The highest BCUT2D eigenvalue weighted by Gasteiger charge is 2.29. The molecule has 1 fully saturated rings. The van der Waals surface area contributed by atoms with Gasteiger partial charge in [-0.2, -0.15) is 0 Å². The van der Waals surface area contributed by atoms with Crippen LogP contribution in [0.5, 0.6) is 0 Å². The molecular weight excluding hydrogens is 248 g/mol. The standard InChI is InChI=1S/C13H16N2O4/c1-8-3-6-10(13(18)19)12(17)15(8)7-11(16)14(2)9-4-5-9/h3,6,9H,4-5,7H2,1-2H3,(H,18,19). The van der Waals surface area contributed by atoms with Gasteiger partial charge in [0.1, 0.15) is 12.1 Å². The Morgan fingerprint density at radius 1 is 1.42 bits per heavy atom. The van der Waals surface area contributed by atoms with Crippen LogP contribution in [0, 0.1) is 6.92 Å². The predicted molar refractivity (Wildman–Crippen MR) is 68.2 cm³/mol. The van der Waals surface area contributed by atoms with E-state index in [4.69, 9.17) is 5.11 Å². The van der Waals surface area contributed by atoms with Crippen LogP contribution < -0.4 is 5.56 Å². The summed E-state index contributed by atoms with van der Waals surface area (Å²) in [5.74, 6) is -1.45. The van der Waals surface area contributed by atoms with Crippen molar-refractivity contribution < 1.29 is 14.7 Å². The number of carboxylic acid groups (broad SMARTS) is 1. The molecule has 1 aromatic heterocycles. The Labute approximate surface area is 110 Å². The highest BCUT2D eigenvalue weighted by molar-refractivity contribution is 5.87. The molecule has 1 aliphatic carbocycles. The molecule has 0 aromatic carbocycles. The highest BCUT2D eigenvalue weighted by atomic mass is 16.4. The maximum absolute atomic E-state index is 12.0. The van der Waals surface area contributed by atoms with Gasteiger partial charge in [0.2, 0.25) is 5.91 Å². The lowest BCUT2D eigenvalue weighted by Crippen LogP contribution is -2.37. The quantitative estimate of drug-likeness (QED) is 0.857. The number of aromatic nitrogens is 1. The van der Waals surface area contributed by atoms with Crippen molar-refractivity contribution in [2.45, 2.75) is 32.4 Å². The third kappa shape index (κ3) is 2.67. The van der Waals surface area contributed by atoms with Crippen LogP contribution >= 0.6 is 0 Å². The molecule has 0 aliphatic heterocycles. The van der Waals surface area contributed by atoms with Gasteiger partial charge >= 0.3 is 5.97 Å². The Morgan fingerprint density at radius 2 is 2.05 bits per heavy atom. The first-order valence-electron chi connectivity index (χ1n) is 6.11. The molecule has 1 heterocycles. The molecule has 1 N–H and O–H groups in total. The van der Waals surface area contributed by atoms with Gasteiger partial charge < -0.3 is 14.6 Å². The van der Waals surface area contributed by atoms with E-state index in [0.717, 1.165) is 12.8 Å². The molecule has 2 rings (SSSR count). The van der Waals surface area contributed by atoms with Gasteiger partial charge in [-0.25, -0.2) is 4.79 Å². The van der Waals surface area contributed by atoms with E-state index in [1.165, 1.54) is 16.7 Å². The summed E-state index contributed by atoms with van der Waals surface area (Å²) in [6.45, 7) is 1.57. The van der Waals surface area contributed by atoms with Gasteiger partial charge in [-0.1, -0.05) is 0 Å². The number of likely N-dealkylation sites (N-methyl/N-ethyl adjacent to an activating group) is 1. The van der Waals surface area contributed by atoms with E-state index < -0.39 is 11.5 Å². The molecule has 1 aromatic rings. The number of hydrogen-bond donors (Lipinski definition) is 1. The first-order chi connectivity index (χ1) is 8.91. The van der Waals surface area contributed by atoms with Crippen LogP contribution in [-0.2, 0) is 11.3 Å². The fraction of sp³-hybridized carbons (Fsp3) is 0.462. The number of pyridine rings is 1. The maximum Gasteiger partial charge on any atom is 0.341 e. The van der Waals surface area contributed by atoms with E-state index in [1.54, 1.807) is 18.9 Å². The first-order valence-corrected chi connectivity index (χ1v) is 6.11. The molecule has 19 heavy (non-hydrogen) atoms. The summed E-state index contributed by atoms with van der Waals surface area (Å²) in [6.07, 6.45) is 1.98. The van der Waals surface area contributed by atoms with Crippen molar-refractivity contribution in [1.29, 1.82) is 0 Å². The lowest BCUT2D eigenvalue weighted by Gasteiger charge is -2.18. The second-order valence-corrected chi connectivity index (χ2v) is 4.82. The number of carbonyl (C=O) groups excluding carboxylic acids is 1. The minimum atomic E-state index is -1.28. The van der Waals surface area contributed by atoms with E-state index in [2.05, 4.69) is 0 Å². The zero-order chi connectivity index (χ0) is 14.2. The normalized spacial score (nSPS) is 14.2. The van der Waals surface area contributed by atoms with E-state index in [0.29, 0.717) is 5.69 Å². The second-order valence-electron chi connectivity index (χ2n) is 4.82. The average Bonchev–Trinajstić information content (AvgIpc) is 3.16. The topological polar surface area (TPSA) is 79.6 Å². The van der Waals surface area contributed by atoms with Crippen molar-refractivity contribution in [3.8, 4) is 0 Å². The monoisotopic (exact) mass is 264 g/mol. The summed E-state index contributed by atoms with van der Waals surface area (Å²) in [4.78, 5) is 36.5. The van der Waals surface area contributed by atoms with Gasteiger partial charge in [0.25, 0.3) is 5.56 Å². The fourth-order valence-electron chi connectivity index (χ4n) is 1.94. The number of aromatic carboxylic acids is 1. The van der Waals surface area contributed by atoms with E-state index >= 15 is 0 Å². The number of aryl methyl sites for hydroxylation is 1.